The second-order valence-corrected chi connectivity index (χ2v) is 6.45. The molecule has 24 heavy (non-hydrogen) atoms. The Hall–Kier alpha value is -1.82. The maximum absolute atomic E-state index is 12.6. The lowest BCUT2D eigenvalue weighted by Gasteiger charge is -2.24. The fourth-order valence-corrected chi connectivity index (χ4v) is 3.29. The molecular formula is C17H17Cl2N3O2. The molecule has 0 unspecified atom stereocenters. The number of rotatable bonds is 4. The van der Waals surface area contributed by atoms with Crippen LogP contribution >= 0.6 is 23.2 Å². The van der Waals surface area contributed by atoms with E-state index in [-0.39, 0.29) is 22.7 Å². The van der Waals surface area contributed by atoms with Crippen LogP contribution in [0.4, 0.5) is 0 Å². The molecule has 0 spiro atoms. The molecule has 2 atom stereocenters. The Labute approximate surface area is 150 Å². The number of benzene rings is 1. The lowest BCUT2D eigenvalue weighted by molar-refractivity contribution is -0.123. The molecule has 126 valence electrons. The molecule has 1 aromatic heterocycles. The highest BCUT2D eigenvalue weighted by Gasteiger charge is 2.28. The normalized spacial score (nSPS) is 18.3. The lowest BCUT2D eigenvalue weighted by atomic mass is 9.98. The molecule has 5 nitrogen and oxygen atoms in total. The monoisotopic (exact) mass is 365 g/mol. The Balaban J connectivity index is 2.00. The largest absolute Gasteiger partial charge is 0.508 e. The van der Waals surface area contributed by atoms with Crippen LogP contribution in [0.15, 0.2) is 36.7 Å². The fourth-order valence-electron chi connectivity index (χ4n) is 2.86. The van der Waals surface area contributed by atoms with Gasteiger partial charge in [0.1, 0.15) is 5.75 Å². The van der Waals surface area contributed by atoms with Gasteiger partial charge in [0.25, 0.3) is 0 Å². The molecule has 1 aliphatic rings. The first-order valence-corrected chi connectivity index (χ1v) is 8.44. The zero-order valence-electron chi connectivity index (χ0n) is 12.8. The van der Waals surface area contributed by atoms with Gasteiger partial charge in [-0.15, -0.1) is 0 Å². The lowest BCUT2D eigenvalue weighted by Crippen LogP contribution is -2.42. The van der Waals surface area contributed by atoms with Crippen LogP contribution in [0.2, 0.25) is 10.0 Å². The van der Waals surface area contributed by atoms with Crippen molar-refractivity contribution in [3.8, 4) is 5.75 Å². The van der Waals surface area contributed by atoms with Crippen molar-refractivity contribution in [2.45, 2.75) is 24.9 Å². The number of amides is 1. The molecule has 3 N–H and O–H groups in total. The van der Waals surface area contributed by atoms with E-state index in [0.29, 0.717) is 10.6 Å². The number of hydrogen-bond donors (Lipinski definition) is 3. The minimum Gasteiger partial charge on any atom is -0.508 e. The van der Waals surface area contributed by atoms with Gasteiger partial charge in [0.2, 0.25) is 5.91 Å². The van der Waals surface area contributed by atoms with Crippen molar-refractivity contribution >= 4 is 29.1 Å². The summed E-state index contributed by atoms with van der Waals surface area (Å²) in [7, 11) is 0. The van der Waals surface area contributed by atoms with Crippen LogP contribution in [0.25, 0.3) is 0 Å². The van der Waals surface area contributed by atoms with Crippen LogP contribution in [0.5, 0.6) is 5.75 Å². The topological polar surface area (TPSA) is 74.2 Å². The number of aromatic nitrogens is 1. The van der Waals surface area contributed by atoms with E-state index in [1.807, 2.05) is 0 Å². The summed E-state index contributed by atoms with van der Waals surface area (Å²) in [6.45, 7) is 0.821. The van der Waals surface area contributed by atoms with Crippen LogP contribution in [0.3, 0.4) is 0 Å². The van der Waals surface area contributed by atoms with E-state index in [4.69, 9.17) is 23.2 Å². The van der Waals surface area contributed by atoms with Crippen LogP contribution in [0.1, 0.15) is 30.0 Å². The molecule has 0 bridgehead atoms. The van der Waals surface area contributed by atoms with Crippen LogP contribution in [0, 0.1) is 0 Å². The first-order chi connectivity index (χ1) is 11.6. The highest BCUT2D eigenvalue weighted by molar-refractivity contribution is 6.42. The van der Waals surface area contributed by atoms with E-state index < -0.39 is 6.04 Å². The third-order valence-electron chi connectivity index (χ3n) is 4.10. The molecule has 2 heterocycles. The predicted molar refractivity (Wildman–Crippen MR) is 93.4 cm³/mol. The fraction of sp³-hybridized carbons (Fsp3) is 0.294. The second kappa shape index (κ2) is 7.38. The number of pyridine rings is 1. The predicted octanol–water partition coefficient (Wildman–Crippen LogP) is 3.05. The van der Waals surface area contributed by atoms with Crippen LogP contribution in [-0.4, -0.2) is 28.6 Å². The van der Waals surface area contributed by atoms with E-state index in [1.54, 1.807) is 24.5 Å². The maximum Gasteiger partial charge on any atom is 0.237 e. The standard InChI is InChI=1S/C17H17Cl2N3O2/c18-11-3-4-13(23)14(15(11)19)16(10-5-8-20-9-6-10)22-17(24)12-2-1-7-21-12/h3-6,8-9,12,16,21,23H,1-2,7H2,(H,22,24)/t12-,16+/m0/s1. The molecule has 1 fully saturated rings. The Kier molecular flexibility index (Phi) is 5.23. The van der Waals surface area contributed by atoms with Crippen molar-refractivity contribution in [3.05, 3.63) is 57.8 Å². The van der Waals surface area contributed by atoms with Crippen LogP contribution in [-0.2, 0) is 4.79 Å². The molecule has 0 saturated carbocycles. The van der Waals surface area contributed by atoms with Gasteiger partial charge in [-0.3, -0.25) is 9.78 Å². The number of carbonyl (C=O) groups is 1. The first kappa shape index (κ1) is 17.0. The molecule has 0 aliphatic carbocycles. The quantitative estimate of drug-likeness (QED) is 0.778. The molecule has 7 heteroatoms. The van der Waals surface area contributed by atoms with Crippen molar-refractivity contribution in [3.63, 3.8) is 0 Å². The number of hydrogen-bond acceptors (Lipinski definition) is 4. The summed E-state index contributed by atoms with van der Waals surface area (Å²) in [6.07, 6.45) is 4.99. The van der Waals surface area contributed by atoms with Gasteiger partial charge in [0, 0.05) is 18.0 Å². The van der Waals surface area contributed by atoms with Gasteiger partial charge in [-0.1, -0.05) is 23.2 Å². The summed E-state index contributed by atoms with van der Waals surface area (Å²) >= 11 is 12.4. The van der Waals surface area contributed by atoms with E-state index in [0.717, 1.165) is 24.9 Å². The van der Waals surface area contributed by atoms with E-state index in [2.05, 4.69) is 15.6 Å². The van der Waals surface area contributed by atoms with Crippen molar-refractivity contribution in [2.24, 2.45) is 0 Å². The SMILES string of the molecule is O=C(N[C@H](c1ccncc1)c1c(O)ccc(Cl)c1Cl)[C@@H]1CCCN1. The van der Waals surface area contributed by atoms with Crippen molar-refractivity contribution in [1.29, 1.82) is 0 Å². The highest BCUT2D eigenvalue weighted by atomic mass is 35.5. The minimum absolute atomic E-state index is 0.0223. The Morgan fingerprint density at radius 1 is 1.29 bits per heavy atom. The van der Waals surface area contributed by atoms with Gasteiger partial charge in [-0.2, -0.15) is 0 Å². The zero-order valence-corrected chi connectivity index (χ0v) is 14.3. The Bertz CT molecular complexity index is 734. The molecule has 2 aromatic rings. The summed E-state index contributed by atoms with van der Waals surface area (Å²) in [5.74, 6) is -0.157. The number of phenols is 1. The summed E-state index contributed by atoms with van der Waals surface area (Å²) in [6, 6.07) is 5.67. The van der Waals surface area contributed by atoms with Gasteiger partial charge in [0.15, 0.2) is 0 Å². The molecule has 0 radical (unpaired) electrons. The molecule has 1 aromatic carbocycles. The number of nitrogens with zero attached hydrogens (tertiary/aromatic N) is 1. The summed E-state index contributed by atoms with van der Waals surface area (Å²) in [5.41, 5.74) is 1.14. The zero-order chi connectivity index (χ0) is 17.1. The van der Waals surface area contributed by atoms with Gasteiger partial charge in [-0.25, -0.2) is 0 Å². The van der Waals surface area contributed by atoms with E-state index in [9.17, 15) is 9.90 Å². The number of nitrogens with one attached hydrogen (secondary N) is 2. The number of carbonyl (C=O) groups excluding carboxylic acids is 1. The van der Waals surface area contributed by atoms with Crippen molar-refractivity contribution in [2.75, 3.05) is 6.54 Å². The smallest absolute Gasteiger partial charge is 0.237 e. The summed E-state index contributed by atoms with van der Waals surface area (Å²) < 4.78 is 0. The molecular weight excluding hydrogens is 349 g/mol. The minimum atomic E-state index is -0.617. The third kappa shape index (κ3) is 3.48. The highest BCUT2D eigenvalue weighted by Crippen LogP contribution is 2.39. The van der Waals surface area contributed by atoms with Gasteiger partial charge in [0.05, 0.1) is 22.1 Å². The average Bonchev–Trinajstić information content (AvgIpc) is 3.13. The van der Waals surface area contributed by atoms with Gasteiger partial charge < -0.3 is 15.7 Å². The summed E-state index contributed by atoms with van der Waals surface area (Å²) in [5, 5.41) is 17.0. The van der Waals surface area contributed by atoms with Crippen molar-refractivity contribution < 1.29 is 9.90 Å². The van der Waals surface area contributed by atoms with Gasteiger partial charge >= 0.3 is 0 Å². The Morgan fingerprint density at radius 3 is 2.71 bits per heavy atom. The molecule has 1 saturated heterocycles. The average molecular weight is 366 g/mol. The first-order valence-electron chi connectivity index (χ1n) is 7.68. The van der Waals surface area contributed by atoms with Crippen LogP contribution < -0.4 is 10.6 Å². The number of phenolic OH excluding ortho intramolecular Hbond substituents is 1. The molecule has 1 aliphatic heterocycles. The molecule has 3 rings (SSSR count). The molecule has 1 amide bonds. The maximum atomic E-state index is 12.6. The third-order valence-corrected chi connectivity index (χ3v) is 4.92. The summed E-state index contributed by atoms with van der Waals surface area (Å²) in [4.78, 5) is 16.6. The van der Waals surface area contributed by atoms with Crippen molar-refractivity contribution in [1.82, 2.24) is 15.6 Å². The number of halogens is 2. The second-order valence-electron chi connectivity index (χ2n) is 5.67. The number of aromatic hydroxyl groups is 1. The van der Waals surface area contributed by atoms with E-state index >= 15 is 0 Å². The van der Waals surface area contributed by atoms with E-state index in [1.165, 1.54) is 12.1 Å². The Morgan fingerprint density at radius 2 is 2.04 bits per heavy atom. The van der Waals surface area contributed by atoms with Gasteiger partial charge in [-0.05, 0) is 49.2 Å².